The number of phenols is 1. The van der Waals surface area contributed by atoms with Gasteiger partial charge in [0.2, 0.25) is 0 Å². The summed E-state index contributed by atoms with van der Waals surface area (Å²) in [5.41, 5.74) is 8.92. The molecule has 78 valence electrons. The summed E-state index contributed by atoms with van der Waals surface area (Å²) >= 11 is 0. The first kappa shape index (κ1) is 11.1. The van der Waals surface area contributed by atoms with Crippen molar-refractivity contribution in [1.82, 2.24) is 0 Å². The van der Waals surface area contributed by atoms with Crippen molar-refractivity contribution in [3.63, 3.8) is 0 Å². The molecule has 2 heteroatoms. The van der Waals surface area contributed by atoms with E-state index in [4.69, 9.17) is 5.73 Å². The van der Waals surface area contributed by atoms with Crippen LogP contribution in [0.5, 0.6) is 5.75 Å². The van der Waals surface area contributed by atoms with Crippen molar-refractivity contribution < 1.29 is 5.11 Å². The molecule has 0 fully saturated rings. The predicted molar refractivity (Wildman–Crippen MR) is 59.3 cm³/mol. The molecule has 0 saturated heterocycles. The van der Waals surface area contributed by atoms with Gasteiger partial charge in [-0.2, -0.15) is 0 Å². The molecular weight excluding hydrogens is 174 g/mol. The Morgan fingerprint density at radius 1 is 1.21 bits per heavy atom. The second kappa shape index (κ2) is 4.01. The second-order valence-electron chi connectivity index (χ2n) is 4.29. The number of rotatable bonds is 2. The predicted octanol–water partition coefficient (Wildman–Crippen LogP) is 2.66. The van der Waals surface area contributed by atoms with Crippen molar-refractivity contribution in [3.8, 4) is 5.75 Å². The SMILES string of the molecule is Cc1cc(C)c(O)c(C(N)C(C)C)c1. The number of phenolic OH excluding ortho intramolecular Hbond substituents is 1. The Balaban J connectivity index is 3.20. The van der Waals surface area contributed by atoms with Crippen LogP contribution in [0.3, 0.4) is 0 Å². The molecular formula is C12H19NO. The quantitative estimate of drug-likeness (QED) is 0.758. The highest BCUT2D eigenvalue weighted by Gasteiger charge is 2.16. The molecule has 0 heterocycles. The molecule has 0 aliphatic rings. The Morgan fingerprint density at radius 2 is 1.79 bits per heavy atom. The van der Waals surface area contributed by atoms with Gasteiger partial charge in [0, 0.05) is 11.6 Å². The smallest absolute Gasteiger partial charge is 0.123 e. The molecule has 0 aromatic heterocycles. The van der Waals surface area contributed by atoms with Crippen molar-refractivity contribution in [1.29, 1.82) is 0 Å². The van der Waals surface area contributed by atoms with Gasteiger partial charge in [-0.15, -0.1) is 0 Å². The normalized spacial score (nSPS) is 13.3. The third-order valence-electron chi connectivity index (χ3n) is 2.55. The minimum absolute atomic E-state index is 0.0893. The third-order valence-corrected chi connectivity index (χ3v) is 2.55. The second-order valence-corrected chi connectivity index (χ2v) is 4.29. The van der Waals surface area contributed by atoms with E-state index in [0.717, 1.165) is 16.7 Å². The van der Waals surface area contributed by atoms with E-state index in [-0.39, 0.29) is 6.04 Å². The molecule has 3 N–H and O–H groups in total. The lowest BCUT2D eigenvalue weighted by atomic mass is 9.93. The first-order chi connectivity index (χ1) is 6.43. The third kappa shape index (κ3) is 2.07. The minimum Gasteiger partial charge on any atom is -0.507 e. The van der Waals surface area contributed by atoms with Gasteiger partial charge < -0.3 is 10.8 Å². The van der Waals surface area contributed by atoms with E-state index in [1.807, 2.05) is 26.0 Å². The van der Waals surface area contributed by atoms with Crippen LogP contribution in [-0.2, 0) is 0 Å². The first-order valence-corrected chi connectivity index (χ1v) is 4.99. The minimum atomic E-state index is -0.0893. The molecule has 1 atom stereocenters. The zero-order chi connectivity index (χ0) is 10.9. The molecule has 1 aromatic carbocycles. The van der Waals surface area contributed by atoms with Crippen LogP contribution in [-0.4, -0.2) is 5.11 Å². The Kier molecular flexibility index (Phi) is 3.17. The average molecular weight is 193 g/mol. The first-order valence-electron chi connectivity index (χ1n) is 4.99. The van der Waals surface area contributed by atoms with Crippen LogP contribution in [0.2, 0.25) is 0 Å². The van der Waals surface area contributed by atoms with E-state index in [2.05, 4.69) is 13.8 Å². The van der Waals surface area contributed by atoms with Crippen LogP contribution in [0, 0.1) is 19.8 Å². The number of aromatic hydroxyl groups is 1. The Bertz CT molecular complexity index is 331. The van der Waals surface area contributed by atoms with Crippen LogP contribution in [0.4, 0.5) is 0 Å². The molecule has 2 nitrogen and oxygen atoms in total. The van der Waals surface area contributed by atoms with Crippen molar-refractivity contribution in [2.24, 2.45) is 11.7 Å². The van der Waals surface area contributed by atoms with Crippen LogP contribution >= 0.6 is 0 Å². The van der Waals surface area contributed by atoms with Crippen LogP contribution in [0.25, 0.3) is 0 Å². The number of hydrogen-bond acceptors (Lipinski definition) is 2. The zero-order valence-electron chi connectivity index (χ0n) is 9.33. The average Bonchev–Trinajstić information content (AvgIpc) is 2.09. The van der Waals surface area contributed by atoms with E-state index in [1.54, 1.807) is 0 Å². The molecule has 0 bridgehead atoms. The monoisotopic (exact) mass is 193 g/mol. The fourth-order valence-corrected chi connectivity index (χ4v) is 1.61. The van der Waals surface area contributed by atoms with Gasteiger partial charge in [0.25, 0.3) is 0 Å². The molecule has 0 aliphatic carbocycles. The largest absolute Gasteiger partial charge is 0.507 e. The van der Waals surface area contributed by atoms with Crippen molar-refractivity contribution >= 4 is 0 Å². The Morgan fingerprint density at radius 3 is 2.29 bits per heavy atom. The highest BCUT2D eigenvalue weighted by Crippen LogP contribution is 2.31. The Hall–Kier alpha value is -1.02. The fraction of sp³-hybridized carbons (Fsp3) is 0.500. The molecule has 0 spiro atoms. The maximum Gasteiger partial charge on any atom is 0.123 e. The van der Waals surface area contributed by atoms with Crippen LogP contribution < -0.4 is 5.73 Å². The molecule has 0 radical (unpaired) electrons. The van der Waals surface area contributed by atoms with E-state index in [9.17, 15) is 5.11 Å². The van der Waals surface area contributed by atoms with Gasteiger partial charge in [0.15, 0.2) is 0 Å². The van der Waals surface area contributed by atoms with Gasteiger partial charge in [-0.3, -0.25) is 0 Å². The van der Waals surface area contributed by atoms with Gasteiger partial charge in [0.05, 0.1) is 0 Å². The van der Waals surface area contributed by atoms with Crippen molar-refractivity contribution in [2.45, 2.75) is 33.7 Å². The molecule has 1 rings (SSSR count). The molecule has 0 aliphatic heterocycles. The maximum atomic E-state index is 9.86. The van der Waals surface area contributed by atoms with E-state index >= 15 is 0 Å². The van der Waals surface area contributed by atoms with Gasteiger partial charge in [-0.25, -0.2) is 0 Å². The zero-order valence-corrected chi connectivity index (χ0v) is 9.33. The molecule has 0 saturated carbocycles. The summed E-state index contributed by atoms with van der Waals surface area (Å²) in [6.45, 7) is 8.03. The summed E-state index contributed by atoms with van der Waals surface area (Å²) in [6.07, 6.45) is 0. The lowest BCUT2D eigenvalue weighted by Crippen LogP contribution is -2.17. The highest BCUT2D eigenvalue weighted by atomic mass is 16.3. The van der Waals surface area contributed by atoms with E-state index in [1.165, 1.54) is 0 Å². The number of nitrogens with two attached hydrogens (primary N) is 1. The topological polar surface area (TPSA) is 46.2 Å². The number of aryl methyl sites for hydroxylation is 2. The van der Waals surface area contributed by atoms with Crippen LogP contribution in [0.1, 0.15) is 36.6 Å². The summed E-state index contributed by atoms with van der Waals surface area (Å²) in [5.74, 6) is 0.680. The Labute approximate surface area is 85.8 Å². The van der Waals surface area contributed by atoms with Gasteiger partial charge in [0.1, 0.15) is 5.75 Å². The highest BCUT2D eigenvalue weighted by molar-refractivity contribution is 5.44. The lowest BCUT2D eigenvalue weighted by molar-refractivity contribution is 0.436. The van der Waals surface area contributed by atoms with Gasteiger partial charge in [-0.05, 0) is 25.3 Å². The molecule has 1 unspecified atom stereocenters. The summed E-state index contributed by atoms with van der Waals surface area (Å²) in [5, 5.41) is 9.86. The van der Waals surface area contributed by atoms with Crippen molar-refractivity contribution in [2.75, 3.05) is 0 Å². The molecule has 1 aromatic rings. The van der Waals surface area contributed by atoms with Crippen LogP contribution in [0.15, 0.2) is 12.1 Å². The maximum absolute atomic E-state index is 9.86. The van der Waals surface area contributed by atoms with Gasteiger partial charge >= 0.3 is 0 Å². The van der Waals surface area contributed by atoms with Crippen molar-refractivity contribution in [3.05, 3.63) is 28.8 Å². The van der Waals surface area contributed by atoms with Gasteiger partial charge in [-0.1, -0.05) is 31.5 Å². The summed E-state index contributed by atoms with van der Waals surface area (Å²) < 4.78 is 0. The number of benzene rings is 1. The van der Waals surface area contributed by atoms with E-state index < -0.39 is 0 Å². The van der Waals surface area contributed by atoms with E-state index in [0.29, 0.717) is 11.7 Å². The summed E-state index contributed by atoms with van der Waals surface area (Å²) in [4.78, 5) is 0. The molecule has 0 amide bonds. The standard InChI is InChI=1S/C12H19NO/c1-7(2)11(13)10-6-8(3)5-9(4)12(10)14/h5-7,11,14H,13H2,1-4H3. The fourth-order valence-electron chi connectivity index (χ4n) is 1.61. The number of hydrogen-bond donors (Lipinski definition) is 2. The molecule has 14 heavy (non-hydrogen) atoms. The lowest BCUT2D eigenvalue weighted by Gasteiger charge is -2.19. The summed E-state index contributed by atoms with van der Waals surface area (Å²) in [7, 11) is 0. The summed E-state index contributed by atoms with van der Waals surface area (Å²) in [6, 6.07) is 3.84.